The molecule has 1 amide bonds. The van der Waals surface area contributed by atoms with Crippen molar-refractivity contribution in [1.82, 2.24) is 5.32 Å². The minimum absolute atomic E-state index is 0.0286. The molecule has 0 aromatic heterocycles. The molecule has 126 valence electrons. The maximum Gasteiger partial charge on any atom is 0.416 e. The quantitative estimate of drug-likeness (QED) is 0.881. The molecule has 0 aliphatic heterocycles. The Balaban J connectivity index is 2.15. The lowest BCUT2D eigenvalue weighted by Crippen LogP contribution is -2.42. The van der Waals surface area contributed by atoms with Crippen molar-refractivity contribution in [2.75, 3.05) is 0 Å². The number of carbonyl (C=O) groups is 2. The fraction of sp³-hybridized carbons (Fsp3) is 0.176. The van der Waals surface area contributed by atoms with E-state index in [0.717, 1.165) is 12.1 Å². The Morgan fingerprint density at radius 3 is 2.29 bits per heavy atom. The fourth-order valence-electron chi connectivity index (χ4n) is 2.13. The zero-order valence-corrected chi connectivity index (χ0v) is 12.4. The average Bonchev–Trinajstić information content (AvgIpc) is 2.54. The second-order valence-electron chi connectivity index (χ2n) is 5.13. The second kappa shape index (κ2) is 7.16. The van der Waals surface area contributed by atoms with Crippen LogP contribution in [0.5, 0.6) is 0 Å². The van der Waals surface area contributed by atoms with Gasteiger partial charge in [-0.1, -0.05) is 36.4 Å². The number of benzene rings is 2. The normalized spacial score (nSPS) is 12.5. The number of carbonyl (C=O) groups excluding carboxylic acids is 1. The SMILES string of the molecule is O=C(N[C@H](Cc1ccccc1)C(=O)O)c1cccc(C(F)(F)F)c1. The molecule has 0 aliphatic rings. The molecule has 2 N–H and O–H groups in total. The summed E-state index contributed by atoms with van der Waals surface area (Å²) in [7, 11) is 0. The van der Waals surface area contributed by atoms with Gasteiger partial charge in [0.25, 0.3) is 5.91 Å². The number of carboxylic acid groups (broad SMARTS) is 1. The van der Waals surface area contributed by atoms with Gasteiger partial charge in [-0.25, -0.2) is 4.79 Å². The van der Waals surface area contributed by atoms with Crippen LogP contribution in [-0.2, 0) is 17.4 Å². The Labute approximate surface area is 135 Å². The Morgan fingerprint density at radius 1 is 1.04 bits per heavy atom. The molecule has 24 heavy (non-hydrogen) atoms. The zero-order chi connectivity index (χ0) is 17.7. The Bertz CT molecular complexity index is 729. The van der Waals surface area contributed by atoms with Crippen LogP contribution in [0.3, 0.4) is 0 Å². The third-order valence-corrected chi connectivity index (χ3v) is 3.34. The van der Waals surface area contributed by atoms with Crippen molar-refractivity contribution >= 4 is 11.9 Å². The molecule has 7 heteroatoms. The van der Waals surface area contributed by atoms with Gasteiger partial charge in [0.05, 0.1) is 5.56 Å². The van der Waals surface area contributed by atoms with Crippen molar-refractivity contribution in [1.29, 1.82) is 0 Å². The molecule has 2 aromatic carbocycles. The van der Waals surface area contributed by atoms with Crippen LogP contribution in [0.15, 0.2) is 54.6 Å². The van der Waals surface area contributed by atoms with Crippen LogP contribution in [0.25, 0.3) is 0 Å². The van der Waals surface area contributed by atoms with Crippen molar-refractivity contribution in [3.8, 4) is 0 Å². The summed E-state index contributed by atoms with van der Waals surface area (Å²) in [5.74, 6) is -2.14. The lowest BCUT2D eigenvalue weighted by molar-refractivity contribution is -0.139. The molecule has 0 saturated heterocycles. The van der Waals surface area contributed by atoms with E-state index in [1.54, 1.807) is 30.3 Å². The summed E-state index contributed by atoms with van der Waals surface area (Å²) in [6.07, 6.45) is -4.55. The molecule has 0 saturated carbocycles. The van der Waals surface area contributed by atoms with E-state index in [-0.39, 0.29) is 12.0 Å². The van der Waals surface area contributed by atoms with E-state index in [1.807, 2.05) is 0 Å². The summed E-state index contributed by atoms with van der Waals surface area (Å²) in [6.45, 7) is 0. The van der Waals surface area contributed by atoms with Gasteiger partial charge in [0, 0.05) is 12.0 Å². The van der Waals surface area contributed by atoms with Crippen LogP contribution in [-0.4, -0.2) is 23.0 Å². The molecular formula is C17H14F3NO3. The topological polar surface area (TPSA) is 66.4 Å². The number of nitrogens with one attached hydrogen (secondary N) is 1. The van der Waals surface area contributed by atoms with Crippen LogP contribution in [0.2, 0.25) is 0 Å². The van der Waals surface area contributed by atoms with E-state index >= 15 is 0 Å². The monoisotopic (exact) mass is 337 g/mol. The highest BCUT2D eigenvalue weighted by Gasteiger charge is 2.31. The summed E-state index contributed by atoms with van der Waals surface area (Å²) in [5, 5.41) is 11.5. The van der Waals surface area contributed by atoms with E-state index < -0.39 is 29.7 Å². The molecular weight excluding hydrogens is 323 g/mol. The first-order valence-electron chi connectivity index (χ1n) is 7.02. The first-order valence-corrected chi connectivity index (χ1v) is 7.02. The highest BCUT2D eigenvalue weighted by molar-refractivity contribution is 5.96. The summed E-state index contributed by atoms with van der Waals surface area (Å²) in [4.78, 5) is 23.4. The molecule has 0 radical (unpaired) electrons. The van der Waals surface area contributed by atoms with E-state index in [4.69, 9.17) is 0 Å². The Hall–Kier alpha value is -2.83. The van der Waals surface area contributed by atoms with Gasteiger partial charge >= 0.3 is 12.1 Å². The standard InChI is InChI=1S/C17H14F3NO3/c18-17(19,20)13-8-4-7-12(10-13)15(22)21-14(16(23)24)9-11-5-2-1-3-6-11/h1-8,10,14H,9H2,(H,21,22)(H,23,24)/t14-/m1/s1. The minimum Gasteiger partial charge on any atom is -0.480 e. The fourth-order valence-corrected chi connectivity index (χ4v) is 2.13. The summed E-state index contributed by atoms with van der Waals surface area (Å²) < 4.78 is 38.1. The maximum absolute atomic E-state index is 12.7. The number of hydrogen-bond acceptors (Lipinski definition) is 2. The van der Waals surface area contributed by atoms with Gasteiger partial charge in [-0.3, -0.25) is 4.79 Å². The van der Waals surface area contributed by atoms with Gasteiger partial charge in [0.1, 0.15) is 6.04 Å². The number of alkyl halides is 3. The third-order valence-electron chi connectivity index (χ3n) is 3.34. The smallest absolute Gasteiger partial charge is 0.416 e. The van der Waals surface area contributed by atoms with Crippen LogP contribution in [0.4, 0.5) is 13.2 Å². The lowest BCUT2D eigenvalue weighted by atomic mass is 10.0. The molecule has 0 unspecified atom stereocenters. The first kappa shape index (κ1) is 17.5. The van der Waals surface area contributed by atoms with Crippen molar-refractivity contribution in [2.24, 2.45) is 0 Å². The summed E-state index contributed by atoms with van der Waals surface area (Å²) in [5.41, 5.74) is -0.525. The van der Waals surface area contributed by atoms with E-state index in [0.29, 0.717) is 11.6 Å². The average molecular weight is 337 g/mol. The molecule has 0 heterocycles. The molecule has 1 atom stereocenters. The van der Waals surface area contributed by atoms with Crippen LogP contribution in [0.1, 0.15) is 21.5 Å². The second-order valence-corrected chi connectivity index (χ2v) is 5.13. The van der Waals surface area contributed by atoms with Crippen molar-refractivity contribution < 1.29 is 27.9 Å². The van der Waals surface area contributed by atoms with Crippen LogP contribution in [0, 0.1) is 0 Å². The molecule has 0 bridgehead atoms. The molecule has 0 spiro atoms. The molecule has 0 aliphatic carbocycles. The van der Waals surface area contributed by atoms with Crippen LogP contribution < -0.4 is 5.32 Å². The van der Waals surface area contributed by atoms with Crippen molar-refractivity contribution in [3.05, 3.63) is 71.3 Å². The number of hydrogen-bond donors (Lipinski definition) is 2. The van der Waals surface area contributed by atoms with Gasteiger partial charge in [-0.15, -0.1) is 0 Å². The van der Waals surface area contributed by atoms with Gasteiger partial charge in [0.15, 0.2) is 0 Å². The minimum atomic E-state index is -4.58. The Kier molecular flexibility index (Phi) is 5.23. The van der Waals surface area contributed by atoms with Gasteiger partial charge in [-0.05, 0) is 23.8 Å². The van der Waals surface area contributed by atoms with Gasteiger partial charge in [0.2, 0.25) is 0 Å². The van der Waals surface area contributed by atoms with Gasteiger partial charge < -0.3 is 10.4 Å². The number of carboxylic acids is 1. The van der Waals surface area contributed by atoms with E-state index in [9.17, 15) is 27.9 Å². The third kappa shape index (κ3) is 4.58. The highest BCUT2D eigenvalue weighted by atomic mass is 19.4. The number of rotatable bonds is 5. The zero-order valence-electron chi connectivity index (χ0n) is 12.4. The highest BCUT2D eigenvalue weighted by Crippen LogP contribution is 2.29. The predicted octanol–water partition coefficient (Wildman–Crippen LogP) is 3.13. The first-order chi connectivity index (χ1) is 11.3. The molecule has 4 nitrogen and oxygen atoms in total. The van der Waals surface area contributed by atoms with Crippen molar-refractivity contribution in [2.45, 2.75) is 18.6 Å². The maximum atomic E-state index is 12.7. The lowest BCUT2D eigenvalue weighted by Gasteiger charge is -2.15. The largest absolute Gasteiger partial charge is 0.480 e. The van der Waals surface area contributed by atoms with E-state index in [1.165, 1.54) is 6.07 Å². The molecule has 0 fully saturated rings. The number of halogens is 3. The molecule has 2 rings (SSSR count). The number of aliphatic carboxylic acids is 1. The number of amides is 1. The van der Waals surface area contributed by atoms with E-state index in [2.05, 4.69) is 5.32 Å². The predicted molar refractivity (Wildman–Crippen MR) is 80.5 cm³/mol. The van der Waals surface area contributed by atoms with Gasteiger partial charge in [-0.2, -0.15) is 13.2 Å². The van der Waals surface area contributed by atoms with Crippen molar-refractivity contribution in [3.63, 3.8) is 0 Å². The Morgan fingerprint density at radius 2 is 1.71 bits per heavy atom. The molecule has 2 aromatic rings. The van der Waals surface area contributed by atoms with Crippen LogP contribution >= 0.6 is 0 Å². The summed E-state index contributed by atoms with van der Waals surface area (Å²) >= 11 is 0. The summed E-state index contributed by atoms with van der Waals surface area (Å²) in [6, 6.07) is 11.2.